The molecule has 3 rings (SSSR count). The number of ether oxygens (including phenoxy) is 4. The van der Waals surface area contributed by atoms with Gasteiger partial charge in [-0.3, -0.25) is 0 Å². The first-order valence-electron chi connectivity index (χ1n) is 10.5. The summed E-state index contributed by atoms with van der Waals surface area (Å²) in [5, 5.41) is 24.0. The molecular weight excluding hydrogens is 509 g/mol. The summed E-state index contributed by atoms with van der Waals surface area (Å²) in [6.45, 7) is -0.109. The zero-order chi connectivity index (χ0) is 24.6. The second kappa shape index (κ2) is 12.9. The first kappa shape index (κ1) is 27.0. The molecule has 186 valence electrons. The van der Waals surface area contributed by atoms with Crippen LogP contribution in [0.5, 0.6) is 0 Å². The van der Waals surface area contributed by atoms with Gasteiger partial charge in [-0.25, -0.2) is 4.79 Å². The van der Waals surface area contributed by atoms with Crippen molar-refractivity contribution in [1.29, 1.82) is 0 Å². The molecule has 0 saturated carbocycles. The SMILES string of the molecule is O=C(NC1C(OCc2ccccc2)[C@H](O)C(COCc2ccccc2)O[C@@H]1O)OCC(Cl)(Cl)Cl. The van der Waals surface area contributed by atoms with Crippen molar-refractivity contribution in [1.82, 2.24) is 5.32 Å². The molecular formula is C23H26Cl3NO7. The molecule has 34 heavy (non-hydrogen) atoms. The normalized spacial score (nSPS) is 25.0. The summed E-state index contributed by atoms with van der Waals surface area (Å²) in [5.41, 5.74) is 1.78. The third-order valence-electron chi connectivity index (χ3n) is 5.02. The smallest absolute Gasteiger partial charge is 0.407 e. The predicted molar refractivity (Wildman–Crippen MR) is 127 cm³/mol. The third-order valence-corrected chi connectivity index (χ3v) is 5.35. The summed E-state index contributed by atoms with van der Waals surface area (Å²) >= 11 is 16.8. The average molecular weight is 535 g/mol. The van der Waals surface area contributed by atoms with Gasteiger partial charge in [-0.15, -0.1) is 0 Å². The van der Waals surface area contributed by atoms with Gasteiger partial charge in [0.05, 0.1) is 19.8 Å². The van der Waals surface area contributed by atoms with Gasteiger partial charge in [0.15, 0.2) is 6.29 Å². The number of aliphatic hydroxyl groups is 2. The lowest BCUT2D eigenvalue weighted by Crippen LogP contribution is -2.65. The highest BCUT2D eigenvalue weighted by Crippen LogP contribution is 2.27. The maximum absolute atomic E-state index is 12.2. The molecule has 3 unspecified atom stereocenters. The Morgan fingerprint density at radius 2 is 1.56 bits per heavy atom. The zero-order valence-electron chi connectivity index (χ0n) is 18.1. The van der Waals surface area contributed by atoms with Gasteiger partial charge < -0.3 is 34.5 Å². The molecule has 0 bridgehead atoms. The van der Waals surface area contributed by atoms with Gasteiger partial charge in [-0.05, 0) is 11.1 Å². The summed E-state index contributed by atoms with van der Waals surface area (Å²) in [4.78, 5) is 12.2. The third kappa shape index (κ3) is 8.55. The van der Waals surface area contributed by atoms with Crippen molar-refractivity contribution >= 4 is 40.9 Å². The Morgan fingerprint density at radius 3 is 2.15 bits per heavy atom. The Hall–Kier alpha value is -1.62. The molecule has 11 heteroatoms. The fraction of sp³-hybridized carbons (Fsp3) is 0.435. The Balaban J connectivity index is 1.65. The van der Waals surface area contributed by atoms with Crippen molar-refractivity contribution < 1.29 is 34.0 Å². The van der Waals surface area contributed by atoms with E-state index < -0.39 is 47.1 Å². The van der Waals surface area contributed by atoms with Crippen molar-refractivity contribution in [3.8, 4) is 0 Å². The van der Waals surface area contributed by atoms with Crippen LogP contribution in [0, 0.1) is 0 Å². The number of alkyl carbamates (subject to hydrolysis) is 1. The summed E-state index contributed by atoms with van der Waals surface area (Å²) in [6.07, 6.45) is -5.68. The number of nitrogens with one attached hydrogen (secondary N) is 1. The molecule has 0 aliphatic carbocycles. The summed E-state index contributed by atoms with van der Waals surface area (Å²) in [5.74, 6) is 0. The van der Waals surface area contributed by atoms with E-state index in [1.165, 1.54) is 0 Å². The number of hydrogen-bond donors (Lipinski definition) is 3. The van der Waals surface area contributed by atoms with Crippen LogP contribution in [0.2, 0.25) is 0 Å². The Bertz CT molecular complexity index is 885. The first-order chi connectivity index (χ1) is 16.2. The number of hydrogen-bond acceptors (Lipinski definition) is 7. The standard InChI is InChI=1S/C23H26Cl3NO7/c24-23(25,26)14-33-22(30)27-18-20(32-12-16-9-5-2-6-10-16)19(28)17(34-21(18)29)13-31-11-15-7-3-1-4-8-15/h1-10,17-21,28-29H,11-14H2,(H,27,30)/t17?,18?,19-,20?,21+/m1/s1. The van der Waals surface area contributed by atoms with Crippen molar-refractivity contribution in [3.05, 3.63) is 71.8 Å². The molecule has 0 spiro atoms. The van der Waals surface area contributed by atoms with Crippen LogP contribution in [0.25, 0.3) is 0 Å². The zero-order valence-corrected chi connectivity index (χ0v) is 20.3. The summed E-state index contributed by atoms with van der Waals surface area (Å²) < 4.78 is 20.2. The van der Waals surface area contributed by atoms with E-state index in [0.717, 1.165) is 11.1 Å². The summed E-state index contributed by atoms with van der Waals surface area (Å²) in [6, 6.07) is 17.6. The van der Waals surface area contributed by atoms with Crippen molar-refractivity contribution in [2.45, 2.75) is 47.7 Å². The van der Waals surface area contributed by atoms with Gasteiger partial charge in [-0.1, -0.05) is 95.5 Å². The highest BCUT2D eigenvalue weighted by molar-refractivity contribution is 6.67. The highest BCUT2D eigenvalue weighted by atomic mass is 35.6. The molecule has 1 saturated heterocycles. The monoisotopic (exact) mass is 533 g/mol. The molecule has 1 fully saturated rings. The van der Waals surface area contributed by atoms with E-state index in [2.05, 4.69) is 5.32 Å². The van der Waals surface area contributed by atoms with Crippen molar-refractivity contribution in [2.24, 2.45) is 0 Å². The van der Waals surface area contributed by atoms with Crippen LogP contribution >= 0.6 is 34.8 Å². The van der Waals surface area contributed by atoms with Gasteiger partial charge in [0.1, 0.15) is 31.0 Å². The molecule has 8 nitrogen and oxygen atoms in total. The minimum Gasteiger partial charge on any atom is -0.445 e. The predicted octanol–water partition coefficient (Wildman–Crippen LogP) is 3.33. The van der Waals surface area contributed by atoms with E-state index >= 15 is 0 Å². The fourth-order valence-electron chi connectivity index (χ4n) is 3.38. The first-order valence-corrected chi connectivity index (χ1v) is 11.6. The van der Waals surface area contributed by atoms with Gasteiger partial charge >= 0.3 is 6.09 Å². The van der Waals surface area contributed by atoms with E-state index in [0.29, 0.717) is 6.61 Å². The second-order valence-electron chi connectivity index (χ2n) is 7.68. The van der Waals surface area contributed by atoms with Crippen LogP contribution in [-0.2, 0) is 32.2 Å². The molecule has 1 heterocycles. The van der Waals surface area contributed by atoms with Crippen molar-refractivity contribution in [2.75, 3.05) is 13.2 Å². The number of rotatable bonds is 9. The van der Waals surface area contributed by atoms with Gasteiger partial charge in [0, 0.05) is 0 Å². The number of alkyl halides is 3. The minimum atomic E-state index is -1.80. The summed E-state index contributed by atoms with van der Waals surface area (Å²) in [7, 11) is 0. The van der Waals surface area contributed by atoms with Gasteiger partial charge in [0.2, 0.25) is 3.79 Å². The highest BCUT2D eigenvalue weighted by Gasteiger charge is 2.46. The van der Waals surface area contributed by atoms with E-state index in [-0.39, 0.29) is 13.2 Å². The lowest BCUT2D eigenvalue weighted by Gasteiger charge is -2.42. The number of aliphatic hydroxyl groups excluding tert-OH is 2. The molecule has 3 N–H and O–H groups in total. The number of halogens is 3. The maximum atomic E-state index is 12.2. The molecule has 1 aliphatic rings. The van der Waals surface area contributed by atoms with E-state index in [1.54, 1.807) is 0 Å². The van der Waals surface area contributed by atoms with Crippen molar-refractivity contribution in [3.63, 3.8) is 0 Å². The number of amides is 1. The molecule has 2 aromatic carbocycles. The Kier molecular flexibility index (Phi) is 10.2. The van der Waals surface area contributed by atoms with Crippen LogP contribution in [0.1, 0.15) is 11.1 Å². The number of benzene rings is 2. The van der Waals surface area contributed by atoms with Gasteiger partial charge in [-0.2, -0.15) is 0 Å². The second-order valence-corrected chi connectivity index (χ2v) is 10.2. The minimum absolute atomic E-state index is 0.0112. The lowest BCUT2D eigenvalue weighted by molar-refractivity contribution is -0.266. The van der Waals surface area contributed by atoms with Crippen LogP contribution in [0.4, 0.5) is 4.79 Å². The van der Waals surface area contributed by atoms with E-state index in [1.807, 2.05) is 60.7 Å². The van der Waals surface area contributed by atoms with Crippen LogP contribution in [0.15, 0.2) is 60.7 Å². The largest absolute Gasteiger partial charge is 0.445 e. The topological polar surface area (TPSA) is 106 Å². The quantitative estimate of drug-likeness (QED) is 0.424. The molecule has 1 aliphatic heterocycles. The van der Waals surface area contributed by atoms with Crippen LogP contribution < -0.4 is 5.32 Å². The Labute approximate surface area is 212 Å². The number of carbonyl (C=O) groups excluding carboxylic acids is 1. The van der Waals surface area contributed by atoms with Gasteiger partial charge in [0.25, 0.3) is 0 Å². The fourth-order valence-corrected chi connectivity index (χ4v) is 3.55. The van der Waals surface area contributed by atoms with E-state index in [4.69, 9.17) is 53.8 Å². The Morgan fingerprint density at radius 1 is 0.971 bits per heavy atom. The molecule has 0 radical (unpaired) electrons. The maximum Gasteiger partial charge on any atom is 0.407 e. The average Bonchev–Trinajstić information content (AvgIpc) is 2.81. The van der Waals surface area contributed by atoms with E-state index in [9.17, 15) is 15.0 Å². The molecule has 0 aromatic heterocycles. The molecule has 1 amide bonds. The van der Waals surface area contributed by atoms with Crippen LogP contribution in [0.3, 0.4) is 0 Å². The van der Waals surface area contributed by atoms with Crippen LogP contribution in [-0.4, -0.2) is 64.0 Å². The molecule has 2 aromatic rings. The number of carbonyl (C=O) groups is 1. The lowest BCUT2D eigenvalue weighted by atomic mass is 9.96. The molecule has 5 atom stereocenters.